The summed E-state index contributed by atoms with van der Waals surface area (Å²) >= 11 is 1.67. The summed E-state index contributed by atoms with van der Waals surface area (Å²) in [6.07, 6.45) is 0.816. The van der Waals surface area contributed by atoms with Crippen molar-refractivity contribution in [2.24, 2.45) is 0 Å². The molecule has 6 nitrogen and oxygen atoms in total. The molecule has 0 aliphatic carbocycles. The van der Waals surface area contributed by atoms with Gasteiger partial charge >= 0.3 is 0 Å². The second-order valence-corrected chi connectivity index (χ2v) is 6.61. The number of carbonyl (C=O) groups excluding carboxylic acids is 1. The average Bonchev–Trinajstić information content (AvgIpc) is 3.08. The highest BCUT2D eigenvalue weighted by atomic mass is 32.1. The Hall–Kier alpha value is -2.25. The molecule has 128 valence electrons. The number of nitro benzene ring substituents is 1. The fraction of sp³-hybridized carbons (Fsp3) is 0.353. The van der Waals surface area contributed by atoms with Crippen LogP contribution in [0.3, 0.4) is 0 Å². The van der Waals surface area contributed by atoms with E-state index in [2.05, 4.69) is 10.6 Å². The molecule has 1 heterocycles. The Labute approximate surface area is 145 Å². The van der Waals surface area contributed by atoms with Crippen molar-refractivity contribution in [2.45, 2.75) is 32.4 Å². The van der Waals surface area contributed by atoms with Crippen molar-refractivity contribution < 1.29 is 9.72 Å². The maximum Gasteiger partial charge on any atom is 0.269 e. The van der Waals surface area contributed by atoms with E-state index in [1.54, 1.807) is 24.3 Å². The van der Waals surface area contributed by atoms with Crippen molar-refractivity contribution in [3.05, 3.63) is 62.3 Å². The maximum absolute atomic E-state index is 12.1. The van der Waals surface area contributed by atoms with Gasteiger partial charge in [-0.1, -0.05) is 18.2 Å². The van der Waals surface area contributed by atoms with Gasteiger partial charge in [-0.3, -0.25) is 20.2 Å². The van der Waals surface area contributed by atoms with E-state index in [4.69, 9.17) is 0 Å². The Morgan fingerprint density at radius 3 is 2.75 bits per heavy atom. The highest BCUT2D eigenvalue weighted by Crippen LogP contribution is 2.19. The third-order valence-corrected chi connectivity index (χ3v) is 4.66. The van der Waals surface area contributed by atoms with Crippen LogP contribution in [0.25, 0.3) is 0 Å². The second kappa shape index (κ2) is 8.56. The second-order valence-electron chi connectivity index (χ2n) is 5.58. The van der Waals surface area contributed by atoms with Crippen LogP contribution in [-0.4, -0.2) is 23.4 Å². The van der Waals surface area contributed by atoms with E-state index in [1.807, 2.05) is 30.5 Å². The van der Waals surface area contributed by atoms with Crippen LogP contribution in [0.2, 0.25) is 0 Å². The van der Waals surface area contributed by atoms with Gasteiger partial charge in [0, 0.05) is 29.6 Å². The average molecular weight is 347 g/mol. The molecule has 2 aromatic rings. The molecule has 2 N–H and O–H groups in total. The van der Waals surface area contributed by atoms with Gasteiger partial charge < -0.3 is 5.32 Å². The molecule has 0 bridgehead atoms. The number of nitro groups is 1. The summed E-state index contributed by atoms with van der Waals surface area (Å²) in [6.45, 7) is 4.26. The Bertz CT molecular complexity index is 688. The minimum absolute atomic E-state index is 0.0502. The van der Waals surface area contributed by atoms with Gasteiger partial charge in [-0.05, 0) is 37.3 Å². The highest BCUT2D eigenvalue weighted by Gasteiger charge is 2.17. The molecule has 7 heteroatoms. The third kappa shape index (κ3) is 5.14. The smallest absolute Gasteiger partial charge is 0.269 e. The topological polar surface area (TPSA) is 84.3 Å². The molecule has 2 atom stereocenters. The van der Waals surface area contributed by atoms with E-state index in [0.717, 1.165) is 12.0 Å². The van der Waals surface area contributed by atoms with Crippen molar-refractivity contribution in [1.82, 2.24) is 10.6 Å². The van der Waals surface area contributed by atoms with Crippen LogP contribution in [0.4, 0.5) is 5.69 Å². The quantitative estimate of drug-likeness (QED) is 0.568. The maximum atomic E-state index is 12.1. The number of carbonyl (C=O) groups is 1. The third-order valence-electron chi connectivity index (χ3n) is 3.73. The van der Waals surface area contributed by atoms with Crippen molar-refractivity contribution in [2.75, 3.05) is 6.54 Å². The van der Waals surface area contributed by atoms with E-state index in [-0.39, 0.29) is 23.7 Å². The molecule has 0 spiro atoms. The number of hydrogen-bond donors (Lipinski definition) is 2. The van der Waals surface area contributed by atoms with Gasteiger partial charge in [0.15, 0.2) is 0 Å². The normalized spacial score (nSPS) is 13.2. The standard InChI is InChI=1S/C17H21N3O3S/c1-12(14-5-3-6-15(11-14)20(22)23)19-13(2)17(21)18-9-8-16-7-4-10-24-16/h3-7,10-13,19H,8-9H2,1-2H3,(H,18,21)/t12-,13-/m1/s1. The number of rotatable bonds is 8. The van der Waals surface area contributed by atoms with E-state index in [9.17, 15) is 14.9 Å². The monoisotopic (exact) mass is 347 g/mol. The van der Waals surface area contributed by atoms with Gasteiger partial charge in [0.1, 0.15) is 0 Å². The molecule has 0 saturated heterocycles. The molecule has 1 amide bonds. The lowest BCUT2D eigenvalue weighted by atomic mass is 10.1. The summed E-state index contributed by atoms with van der Waals surface area (Å²) in [4.78, 5) is 23.8. The van der Waals surface area contributed by atoms with Crippen LogP contribution < -0.4 is 10.6 Å². The number of nitrogens with one attached hydrogen (secondary N) is 2. The van der Waals surface area contributed by atoms with Gasteiger partial charge in [-0.25, -0.2) is 0 Å². The van der Waals surface area contributed by atoms with Crippen LogP contribution in [0.15, 0.2) is 41.8 Å². The Kier molecular flexibility index (Phi) is 6.45. The summed E-state index contributed by atoms with van der Waals surface area (Å²) in [5, 5.41) is 18.9. The summed E-state index contributed by atoms with van der Waals surface area (Å²) in [6, 6.07) is 9.93. The molecule has 2 rings (SSSR count). The fourth-order valence-corrected chi connectivity index (χ4v) is 3.08. The van der Waals surface area contributed by atoms with Crippen molar-refractivity contribution >= 4 is 22.9 Å². The Balaban J connectivity index is 1.83. The van der Waals surface area contributed by atoms with E-state index in [0.29, 0.717) is 6.54 Å². The van der Waals surface area contributed by atoms with Crippen LogP contribution in [0, 0.1) is 10.1 Å². The molecular weight excluding hydrogens is 326 g/mol. The predicted octanol–water partition coefficient (Wildman–Crippen LogP) is 3.05. The van der Waals surface area contributed by atoms with Gasteiger partial charge in [0.25, 0.3) is 5.69 Å². The molecule has 0 saturated carbocycles. The summed E-state index contributed by atoms with van der Waals surface area (Å²) in [5.74, 6) is -0.0798. The number of thiophene rings is 1. The summed E-state index contributed by atoms with van der Waals surface area (Å²) < 4.78 is 0. The zero-order valence-electron chi connectivity index (χ0n) is 13.7. The van der Waals surface area contributed by atoms with Crippen molar-refractivity contribution in [1.29, 1.82) is 0 Å². The highest BCUT2D eigenvalue weighted by molar-refractivity contribution is 7.09. The lowest BCUT2D eigenvalue weighted by Crippen LogP contribution is -2.43. The molecular formula is C17H21N3O3S. The van der Waals surface area contributed by atoms with Gasteiger partial charge in [-0.15, -0.1) is 11.3 Å². The first-order chi connectivity index (χ1) is 11.5. The zero-order valence-corrected chi connectivity index (χ0v) is 14.5. The lowest BCUT2D eigenvalue weighted by Gasteiger charge is -2.20. The Morgan fingerprint density at radius 2 is 2.08 bits per heavy atom. The summed E-state index contributed by atoms with van der Waals surface area (Å²) in [5.41, 5.74) is 0.830. The first kappa shape index (κ1) is 18.1. The summed E-state index contributed by atoms with van der Waals surface area (Å²) in [7, 11) is 0. The number of amides is 1. The SMILES string of the molecule is C[C@@H](N[C@H](C)c1cccc([N+](=O)[O-])c1)C(=O)NCCc1cccs1. The predicted molar refractivity (Wildman–Crippen MR) is 95.1 cm³/mol. The van der Waals surface area contributed by atoms with Crippen LogP contribution in [0.5, 0.6) is 0 Å². The molecule has 0 aliphatic heterocycles. The molecule has 1 aromatic heterocycles. The molecule has 0 radical (unpaired) electrons. The van der Waals surface area contributed by atoms with Gasteiger partial charge in [-0.2, -0.15) is 0 Å². The Morgan fingerprint density at radius 1 is 1.29 bits per heavy atom. The van der Waals surface area contributed by atoms with Crippen LogP contribution >= 0.6 is 11.3 Å². The number of nitrogens with zero attached hydrogens (tertiary/aromatic N) is 1. The zero-order chi connectivity index (χ0) is 17.5. The van der Waals surface area contributed by atoms with Crippen molar-refractivity contribution in [3.8, 4) is 0 Å². The number of benzene rings is 1. The molecule has 1 aromatic carbocycles. The molecule has 0 aliphatic rings. The lowest BCUT2D eigenvalue weighted by molar-refractivity contribution is -0.384. The minimum atomic E-state index is -0.420. The van der Waals surface area contributed by atoms with Gasteiger partial charge in [0.05, 0.1) is 11.0 Å². The van der Waals surface area contributed by atoms with E-state index >= 15 is 0 Å². The molecule has 0 fully saturated rings. The van der Waals surface area contributed by atoms with E-state index in [1.165, 1.54) is 17.0 Å². The number of non-ortho nitro benzene ring substituents is 1. The number of hydrogen-bond acceptors (Lipinski definition) is 5. The largest absolute Gasteiger partial charge is 0.354 e. The van der Waals surface area contributed by atoms with Crippen LogP contribution in [-0.2, 0) is 11.2 Å². The van der Waals surface area contributed by atoms with Crippen molar-refractivity contribution in [3.63, 3.8) is 0 Å². The van der Waals surface area contributed by atoms with Gasteiger partial charge in [0.2, 0.25) is 5.91 Å². The fourth-order valence-electron chi connectivity index (χ4n) is 2.37. The minimum Gasteiger partial charge on any atom is -0.354 e. The van der Waals surface area contributed by atoms with Crippen LogP contribution in [0.1, 0.15) is 30.3 Å². The molecule has 0 unspecified atom stereocenters. The first-order valence-corrected chi connectivity index (χ1v) is 8.66. The first-order valence-electron chi connectivity index (χ1n) is 7.78. The molecule has 24 heavy (non-hydrogen) atoms. The van der Waals surface area contributed by atoms with E-state index < -0.39 is 4.92 Å².